The quantitative estimate of drug-likeness (QED) is 0.314. The van der Waals surface area contributed by atoms with Gasteiger partial charge in [0.1, 0.15) is 23.7 Å². The van der Waals surface area contributed by atoms with Gasteiger partial charge in [-0.1, -0.05) is 68.5 Å². The molecule has 11 nitrogen and oxygen atoms in total. The summed E-state index contributed by atoms with van der Waals surface area (Å²) in [6.07, 6.45) is 6.09. The van der Waals surface area contributed by atoms with Gasteiger partial charge < -0.3 is 34.2 Å². The van der Waals surface area contributed by atoms with Crippen molar-refractivity contribution in [2.45, 2.75) is 83.4 Å². The number of carbonyl (C=O) groups excluding carboxylic acids is 4. The molecule has 0 bridgehead atoms. The number of likely N-dealkylation sites (tertiary alicyclic amines) is 1. The molecular weight excluding hydrogens is 660 g/mol. The van der Waals surface area contributed by atoms with Crippen LogP contribution >= 0.6 is 0 Å². The number of fused-ring (bicyclic) bond motifs is 2. The van der Waals surface area contributed by atoms with Crippen LogP contribution in [0.1, 0.15) is 59.1 Å². The summed E-state index contributed by atoms with van der Waals surface area (Å²) in [5, 5.41) is 10.7. The predicted molar refractivity (Wildman–Crippen MR) is 198 cm³/mol. The fourth-order valence-electron chi connectivity index (χ4n) is 8.47. The Bertz CT molecular complexity index is 1690. The number of anilines is 2. The van der Waals surface area contributed by atoms with E-state index in [4.69, 9.17) is 9.47 Å². The number of nitrogens with zero attached hydrogens (tertiary/aromatic N) is 4. The highest BCUT2D eigenvalue weighted by molar-refractivity contribution is 6.05. The number of ether oxygens (including phenoxy) is 2. The van der Waals surface area contributed by atoms with E-state index in [0.29, 0.717) is 17.7 Å². The van der Waals surface area contributed by atoms with Gasteiger partial charge in [0.25, 0.3) is 5.91 Å². The van der Waals surface area contributed by atoms with E-state index in [1.165, 1.54) is 4.90 Å². The Hall–Kier alpha value is -4.48. The van der Waals surface area contributed by atoms with Crippen LogP contribution in [0.15, 0.2) is 78.9 Å². The Morgan fingerprint density at radius 2 is 1.65 bits per heavy atom. The zero-order valence-corrected chi connectivity index (χ0v) is 31.1. The summed E-state index contributed by atoms with van der Waals surface area (Å²) in [5.74, 6) is -3.94. The molecule has 4 aliphatic rings. The smallest absolute Gasteiger partial charge is 0.313 e. The molecule has 6 rings (SSSR count). The van der Waals surface area contributed by atoms with Crippen LogP contribution in [0.25, 0.3) is 0 Å². The summed E-state index contributed by atoms with van der Waals surface area (Å²) < 4.78 is 13.3. The molecule has 0 saturated carbocycles. The monoisotopic (exact) mass is 712 g/mol. The van der Waals surface area contributed by atoms with Gasteiger partial charge in [-0.25, -0.2) is 0 Å². The van der Waals surface area contributed by atoms with Gasteiger partial charge in [0, 0.05) is 44.5 Å². The lowest BCUT2D eigenvalue weighted by molar-refractivity contribution is -0.164. The average molecular weight is 713 g/mol. The van der Waals surface area contributed by atoms with Gasteiger partial charge in [0.2, 0.25) is 11.8 Å². The molecule has 1 spiro atoms. The van der Waals surface area contributed by atoms with Gasteiger partial charge in [-0.2, -0.15) is 0 Å². The van der Waals surface area contributed by atoms with E-state index >= 15 is 4.79 Å². The number of likely N-dealkylation sites (N-methyl/N-ethyl adjacent to an activating group) is 1. The first kappa shape index (κ1) is 37.3. The molecule has 2 fully saturated rings. The van der Waals surface area contributed by atoms with E-state index in [0.717, 1.165) is 18.8 Å². The summed E-state index contributed by atoms with van der Waals surface area (Å²) in [5.41, 5.74) is 0.897. The van der Waals surface area contributed by atoms with Crippen molar-refractivity contribution in [3.63, 3.8) is 0 Å². The Labute approximate surface area is 306 Å². The fourth-order valence-corrected chi connectivity index (χ4v) is 8.47. The molecule has 0 aromatic heterocycles. The maximum Gasteiger partial charge on any atom is 0.313 e. The summed E-state index contributed by atoms with van der Waals surface area (Å²) in [4.78, 5) is 64.8. The first-order valence-electron chi connectivity index (χ1n) is 18.6. The molecule has 2 saturated heterocycles. The van der Waals surface area contributed by atoms with Crippen molar-refractivity contribution < 1.29 is 33.8 Å². The fraction of sp³-hybridized carbons (Fsp3) is 0.512. The highest BCUT2D eigenvalue weighted by Crippen LogP contribution is 2.54. The lowest BCUT2D eigenvalue weighted by atomic mass is 9.77. The van der Waals surface area contributed by atoms with Gasteiger partial charge in [0.05, 0.1) is 30.7 Å². The molecule has 11 heteroatoms. The SMILES string of the molecule is CCN(CC)c1ccc(N2CC=C[C@@]34O[C@H]5/C=C\CCC(=O)N(C)[C@@H](C)[C@H](c6ccccc6)OC(=O)[C@H]5[C@@H]3C(=O)N([C@@H](CO)C(C)C)[C@H]4C2=O)cc1. The number of allylic oxidation sites excluding steroid dienone is 1. The number of esters is 1. The zero-order valence-electron chi connectivity index (χ0n) is 31.1. The van der Waals surface area contributed by atoms with Crippen LogP contribution in [-0.2, 0) is 28.7 Å². The second-order valence-corrected chi connectivity index (χ2v) is 14.6. The summed E-state index contributed by atoms with van der Waals surface area (Å²) >= 11 is 0. The molecule has 0 unspecified atom stereocenters. The second-order valence-electron chi connectivity index (χ2n) is 14.6. The number of hydrogen-bond donors (Lipinski definition) is 1. The third-order valence-corrected chi connectivity index (χ3v) is 11.5. The topological polar surface area (TPSA) is 120 Å². The minimum atomic E-state index is -1.52. The summed E-state index contributed by atoms with van der Waals surface area (Å²) in [7, 11) is 1.71. The summed E-state index contributed by atoms with van der Waals surface area (Å²) in [6, 6.07) is 14.7. The van der Waals surface area contributed by atoms with Crippen molar-refractivity contribution in [1.82, 2.24) is 9.80 Å². The molecule has 4 aliphatic heterocycles. The molecule has 1 N–H and O–H groups in total. The number of cyclic esters (lactones) is 1. The van der Waals surface area contributed by atoms with Crippen molar-refractivity contribution in [1.29, 1.82) is 0 Å². The van der Waals surface area contributed by atoms with Crippen LogP contribution in [0, 0.1) is 17.8 Å². The van der Waals surface area contributed by atoms with Gasteiger partial charge in [-0.05, 0) is 62.9 Å². The Kier molecular flexibility index (Phi) is 10.9. The highest BCUT2D eigenvalue weighted by atomic mass is 16.6. The maximum absolute atomic E-state index is 15.0. The normalized spacial score (nSPS) is 30.6. The predicted octanol–water partition coefficient (Wildman–Crippen LogP) is 4.51. The van der Waals surface area contributed by atoms with E-state index in [9.17, 15) is 19.5 Å². The van der Waals surface area contributed by atoms with E-state index < -0.39 is 59.6 Å². The largest absolute Gasteiger partial charge is 0.455 e. The van der Waals surface area contributed by atoms with Crippen LogP contribution in [0.4, 0.5) is 11.4 Å². The molecule has 8 atom stereocenters. The number of aliphatic hydroxyl groups excluding tert-OH is 1. The van der Waals surface area contributed by atoms with E-state index in [1.807, 2.05) is 87.5 Å². The molecule has 0 aliphatic carbocycles. The number of amides is 3. The van der Waals surface area contributed by atoms with E-state index in [-0.39, 0.29) is 37.3 Å². The summed E-state index contributed by atoms with van der Waals surface area (Å²) in [6.45, 7) is 11.4. The molecule has 4 heterocycles. The number of benzene rings is 2. The zero-order chi connectivity index (χ0) is 37.3. The first-order chi connectivity index (χ1) is 25.0. The van der Waals surface area contributed by atoms with Gasteiger partial charge in [-0.15, -0.1) is 0 Å². The molecule has 278 valence electrons. The third kappa shape index (κ3) is 6.42. The minimum Gasteiger partial charge on any atom is -0.455 e. The van der Waals surface area contributed by atoms with E-state index in [2.05, 4.69) is 18.7 Å². The molecule has 3 amide bonds. The average Bonchev–Trinajstić information content (AvgIpc) is 3.53. The van der Waals surface area contributed by atoms with Crippen LogP contribution in [0.5, 0.6) is 0 Å². The van der Waals surface area contributed by atoms with Crippen molar-refractivity contribution in [2.24, 2.45) is 17.8 Å². The van der Waals surface area contributed by atoms with Crippen molar-refractivity contribution >= 4 is 35.1 Å². The molecule has 0 radical (unpaired) electrons. The molecular formula is C41H52N4O7. The van der Waals surface area contributed by atoms with Crippen LogP contribution in [0.2, 0.25) is 0 Å². The Morgan fingerprint density at radius 3 is 2.29 bits per heavy atom. The molecule has 2 aromatic rings. The number of hydrogen-bond acceptors (Lipinski definition) is 8. The Balaban J connectivity index is 1.45. The van der Waals surface area contributed by atoms with Crippen LogP contribution in [0.3, 0.4) is 0 Å². The molecule has 2 aromatic carbocycles. The van der Waals surface area contributed by atoms with Crippen LogP contribution < -0.4 is 9.80 Å². The van der Waals surface area contributed by atoms with E-state index in [1.54, 1.807) is 29.0 Å². The second kappa shape index (κ2) is 15.2. The van der Waals surface area contributed by atoms with Crippen molar-refractivity contribution in [3.05, 3.63) is 84.5 Å². The maximum atomic E-state index is 15.0. The first-order valence-corrected chi connectivity index (χ1v) is 18.6. The van der Waals surface area contributed by atoms with Gasteiger partial charge in [-0.3, -0.25) is 19.2 Å². The third-order valence-electron chi connectivity index (χ3n) is 11.5. The lowest BCUT2D eigenvalue weighted by Gasteiger charge is -2.40. The standard InChI is InChI=1S/C41H52N4O7/c1-7-43(8-2)29-19-21-30(22-20-29)44-24-14-23-41-35(38(48)45(37(41)39(44)49)31(25-46)26(3)4)34-32(52-41)17-12-13-18-33(47)42(6)27(5)36(51-40(34)50)28-15-10-9-11-16-28/h9-12,14-17,19-23,26-27,31-32,34-37,46H,7-8,13,18,24-25H2,1-6H3/b17-12-/t27-,31-,32-,34+,35+,36+,37-,41+/m0/s1. The molecule has 52 heavy (non-hydrogen) atoms. The van der Waals surface area contributed by atoms with Gasteiger partial charge in [0.15, 0.2) is 0 Å². The number of aliphatic hydroxyl groups is 1. The number of rotatable bonds is 8. The minimum absolute atomic E-state index is 0.0915. The number of carbonyl (C=O) groups is 4. The Morgan fingerprint density at radius 1 is 0.962 bits per heavy atom. The lowest BCUT2D eigenvalue weighted by Crippen LogP contribution is -2.59. The van der Waals surface area contributed by atoms with Crippen molar-refractivity contribution in [3.8, 4) is 0 Å². The van der Waals surface area contributed by atoms with Gasteiger partial charge >= 0.3 is 5.97 Å². The highest BCUT2D eigenvalue weighted by Gasteiger charge is 2.72. The van der Waals surface area contributed by atoms with Crippen molar-refractivity contribution in [2.75, 3.05) is 43.1 Å². The van der Waals surface area contributed by atoms with Crippen LogP contribution in [-0.4, -0.2) is 102 Å².